The summed E-state index contributed by atoms with van der Waals surface area (Å²) in [6.07, 6.45) is 5.03. The van der Waals surface area contributed by atoms with Crippen molar-refractivity contribution in [2.45, 2.75) is 52.4 Å². The predicted molar refractivity (Wildman–Crippen MR) is 125 cm³/mol. The van der Waals surface area contributed by atoms with E-state index in [2.05, 4.69) is 13.8 Å². The molecule has 0 aliphatic carbocycles. The Bertz CT molecular complexity index is 846. The summed E-state index contributed by atoms with van der Waals surface area (Å²) >= 11 is 0. The SMILES string of the molecule is CCCC(CCC)C(=O)Oc1c(OC)cc(CCc2ccc(OC)c(OC)c2)cc1OC. The van der Waals surface area contributed by atoms with Crippen LogP contribution in [0.3, 0.4) is 0 Å². The zero-order valence-corrected chi connectivity index (χ0v) is 20.2. The smallest absolute Gasteiger partial charge is 0.314 e. The van der Waals surface area contributed by atoms with E-state index in [4.69, 9.17) is 23.7 Å². The number of carbonyl (C=O) groups excluding carboxylic acids is 1. The Kier molecular flexibility index (Phi) is 10.2. The first-order valence-electron chi connectivity index (χ1n) is 11.2. The van der Waals surface area contributed by atoms with Crippen LogP contribution in [0.25, 0.3) is 0 Å². The van der Waals surface area contributed by atoms with E-state index < -0.39 is 0 Å². The van der Waals surface area contributed by atoms with Crippen molar-refractivity contribution in [3.63, 3.8) is 0 Å². The highest BCUT2D eigenvalue weighted by atomic mass is 16.6. The van der Waals surface area contributed by atoms with Gasteiger partial charge in [0.15, 0.2) is 23.0 Å². The highest BCUT2D eigenvalue weighted by molar-refractivity contribution is 5.77. The lowest BCUT2D eigenvalue weighted by Crippen LogP contribution is -2.21. The Balaban J connectivity index is 2.22. The third-order valence-electron chi connectivity index (χ3n) is 5.48. The van der Waals surface area contributed by atoms with Gasteiger partial charge in [-0.15, -0.1) is 0 Å². The molecule has 0 saturated carbocycles. The molecule has 2 aromatic carbocycles. The highest BCUT2D eigenvalue weighted by Gasteiger charge is 2.23. The van der Waals surface area contributed by atoms with Crippen LogP contribution in [0.2, 0.25) is 0 Å². The molecular weight excluding hydrogens is 408 g/mol. The molecule has 0 aliphatic heterocycles. The first kappa shape index (κ1) is 25.4. The van der Waals surface area contributed by atoms with Crippen molar-refractivity contribution >= 4 is 5.97 Å². The number of rotatable bonds is 13. The third kappa shape index (κ3) is 6.55. The standard InChI is InChI=1S/C26H36O6/c1-7-9-20(10-8-2)26(27)32-25-23(30-5)16-19(17-24(25)31-6)12-11-18-13-14-21(28-3)22(15-18)29-4/h13-17,20H,7-12H2,1-6H3. The molecule has 0 amide bonds. The maximum absolute atomic E-state index is 12.8. The van der Waals surface area contributed by atoms with Gasteiger partial charge in [-0.25, -0.2) is 0 Å². The molecule has 0 heterocycles. The van der Waals surface area contributed by atoms with E-state index in [1.807, 2.05) is 30.3 Å². The minimum Gasteiger partial charge on any atom is -0.493 e. The Morgan fingerprint density at radius 1 is 0.719 bits per heavy atom. The van der Waals surface area contributed by atoms with Crippen LogP contribution in [0.4, 0.5) is 0 Å². The van der Waals surface area contributed by atoms with Gasteiger partial charge >= 0.3 is 5.97 Å². The topological polar surface area (TPSA) is 63.2 Å². The Labute approximate surface area is 191 Å². The molecular formula is C26H36O6. The zero-order valence-electron chi connectivity index (χ0n) is 20.2. The quantitative estimate of drug-likeness (QED) is 0.295. The van der Waals surface area contributed by atoms with Crippen LogP contribution < -0.4 is 23.7 Å². The van der Waals surface area contributed by atoms with E-state index in [9.17, 15) is 4.79 Å². The lowest BCUT2D eigenvalue weighted by Gasteiger charge is -2.18. The second-order valence-corrected chi connectivity index (χ2v) is 7.71. The fourth-order valence-corrected chi connectivity index (χ4v) is 3.76. The third-order valence-corrected chi connectivity index (χ3v) is 5.48. The maximum atomic E-state index is 12.8. The van der Waals surface area contributed by atoms with Crippen molar-refractivity contribution in [1.29, 1.82) is 0 Å². The average molecular weight is 445 g/mol. The van der Waals surface area contributed by atoms with Crippen molar-refractivity contribution in [3.8, 4) is 28.7 Å². The van der Waals surface area contributed by atoms with Crippen LogP contribution in [-0.2, 0) is 17.6 Å². The van der Waals surface area contributed by atoms with Gasteiger partial charge in [0, 0.05) is 0 Å². The monoisotopic (exact) mass is 444 g/mol. The first-order chi connectivity index (χ1) is 15.5. The van der Waals surface area contributed by atoms with Gasteiger partial charge in [-0.05, 0) is 61.1 Å². The number of methoxy groups -OCH3 is 4. The minimum absolute atomic E-state index is 0.121. The molecule has 0 aromatic heterocycles. The van der Waals surface area contributed by atoms with Crippen molar-refractivity contribution in [2.24, 2.45) is 5.92 Å². The molecule has 0 fully saturated rings. The molecule has 0 aliphatic rings. The fourth-order valence-electron chi connectivity index (χ4n) is 3.76. The second-order valence-electron chi connectivity index (χ2n) is 7.71. The predicted octanol–water partition coefficient (Wildman–Crippen LogP) is 5.63. The van der Waals surface area contributed by atoms with Crippen LogP contribution in [0.1, 0.15) is 50.7 Å². The zero-order chi connectivity index (χ0) is 23.5. The fraction of sp³-hybridized carbons (Fsp3) is 0.500. The summed E-state index contributed by atoms with van der Waals surface area (Å²) in [5.41, 5.74) is 2.14. The number of hydrogen-bond acceptors (Lipinski definition) is 6. The summed E-state index contributed by atoms with van der Waals surface area (Å²) in [7, 11) is 6.39. The van der Waals surface area contributed by atoms with E-state index in [0.717, 1.165) is 49.7 Å². The molecule has 0 saturated heterocycles. The molecule has 2 aromatic rings. The van der Waals surface area contributed by atoms with Crippen molar-refractivity contribution in [1.82, 2.24) is 0 Å². The van der Waals surface area contributed by atoms with E-state index in [0.29, 0.717) is 28.7 Å². The van der Waals surface area contributed by atoms with Gasteiger partial charge in [0.2, 0.25) is 5.75 Å². The molecule has 0 spiro atoms. The lowest BCUT2D eigenvalue weighted by atomic mass is 9.98. The summed E-state index contributed by atoms with van der Waals surface area (Å²) in [5.74, 6) is 2.38. The Morgan fingerprint density at radius 3 is 1.72 bits per heavy atom. The molecule has 0 bridgehead atoms. The minimum atomic E-state index is -0.233. The number of ether oxygens (including phenoxy) is 5. The van der Waals surface area contributed by atoms with Crippen LogP contribution in [-0.4, -0.2) is 34.4 Å². The normalized spacial score (nSPS) is 10.7. The summed E-state index contributed by atoms with van der Waals surface area (Å²) in [4.78, 5) is 12.8. The Morgan fingerprint density at radius 2 is 1.22 bits per heavy atom. The van der Waals surface area contributed by atoms with Crippen molar-refractivity contribution in [2.75, 3.05) is 28.4 Å². The first-order valence-corrected chi connectivity index (χ1v) is 11.2. The lowest BCUT2D eigenvalue weighted by molar-refractivity contribution is -0.139. The second kappa shape index (κ2) is 12.8. The van der Waals surface area contributed by atoms with Crippen LogP contribution in [0.5, 0.6) is 28.7 Å². The van der Waals surface area contributed by atoms with E-state index in [-0.39, 0.29) is 11.9 Å². The molecule has 0 N–H and O–H groups in total. The Hall–Kier alpha value is -2.89. The molecule has 0 atom stereocenters. The molecule has 0 unspecified atom stereocenters. The molecule has 2 rings (SSSR count). The van der Waals surface area contributed by atoms with Crippen LogP contribution >= 0.6 is 0 Å². The van der Waals surface area contributed by atoms with E-state index >= 15 is 0 Å². The number of esters is 1. The number of carbonyl (C=O) groups is 1. The largest absolute Gasteiger partial charge is 0.493 e. The summed E-state index contributed by atoms with van der Waals surface area (Å²) in [6.45, 7) is 4.15. The number of hydrogen-bond donors (Lipinski definition) is 0. The summed E-state index contributed by atoms with van der Waals surface area (Å²) in [6, 6.07) is 9.71. The van der Waals surface area contributed by atoms with Gasteiger partial charge in [0.1, 0.15) is 0 Å². The van der Waals surface area contributed by atoms with Gasteiger partial charge in [-0.1, -0.05) is 32.8 Å². The molecule has 32 heavy (non-hydrogen) atoms. The highest BCUT2D eigenvalue weighted by Crippen LogP contribution is 2.40. The average Bonchev–Trinajstić information content (AvgIpc) is 2.82. The number of benzene rings is 2. The van der Waals surface area contributed by atoms with Crippen molar-refractivity contribution in [3.05, 3.63) is 41.5 Å². The summed E-state index contributed by atoms with van der Waals surface area (Å²) < 4.78 is 27.6. The van der Waals surface area contributed by atoms with E-state index in [1.165, 1.54) is 0 Å². The van der Waals surface area contributed by atoms with Gasteiger partial charge in [-0.3, -0.25) is 4.79 Å². The molecule has 6 heteroatoms. The number of aryl methyl sites for hydroxylation is 2. The molecule has 0 radical (unpaired) electrons. The van der Waals surface area contributed by atoms with Crippen LogP contribution in [0.15, 0.2) is 30.3 Å². The van der Waals surface area contributed by atoms with Gasteiger partial charge in [-0.2, -0.15) is 0 Å². The van der Waals surface area contributed by atoms with Gasteiger partial charge < -0.3 is 23.7 Å². The van der Waals surface area contributed by atoms with Gasteiger partial charge in [0.25, 0.3) is 0 Å². The molecule has 6 nitrogen and oxygen atoms in total. The van der Waals surface area contributed by atoms with Gasteiger partial charge in [0.05, 0.1) is 34.4 Å². The maximum Gasteiger partial charge on any atom is 0.314 e. The molecule has 176 valence electrons. The van der Waals surface area contributed by atoms with Crippen LogP contribution in [0, 0.1) is 5.92 Å². The van der Waals surface area contributed by atoms with E-state index in [1.54, 1.807) is 28.4 Å². The van der Waals surface area contributed by atoms with Crippen molar-refractivity contribution < 1.29 is 28.5 Å². The summed E-state index contributed by atoms with van der Waals surface area (Å²) in [5, 5.41) is 0.